The summed E-state index contributed by atoms with van der Waals surface area (Å²) in [6.07, 6.45) is 3.19. The normalized spacial score (nSPS) is 10.2. The van der Waals surface area contributed by atoms with Crippen LogP contribution in [0.3, 0.4) is 0 Å². The molecule has 2 heteroatoms. The third kappa shape index (κ3) is 4.92. The van der Waals surface area contributed by atoms with Crippen molar-refractivity contribution in [2.45, 2.75) is 19.3 Å². The number of hydrogen-bond donors (Lipinski definition) is 1. The van der Waals surface area contributed by atoms with E-state index in [0.29, 0.717) is 0 Å². The number of para-hydroxylation sites is 1. The van der Waals surface area contributed by atoms with Crippen LogP contribution in [0.25, 0.3) is 0 Å². The molecule has 0 radical (unpaired) electrons. The molecule has 0 aromatic heterocycles. The summed E-state index contributed by atoms with van der Waals surface area (Å²) in [6, 6.07) is 18.7. The van der Waals surface area contributed by atoms with E-state index in [1.807, 2.05) is 18.2 Å². The van der Waals surface area contributed by atoms with Crippen molar-refractivity contribution in [3.8, 4) is 0 Å². The molecule has 2 rings (SSSR count). The summed E-state index contributed by atoms with van der Waals surface area (Å²) in [7, 11) is 0. The molecule has 0 saturated carbocycles. The van der Waals surface area contributed by atoms with Gasteiger partial charge >= 0.3 is 0 Å². The van der Waals surface area contributed by atoms with Crippen molar-refractivity contribution in [2.75, 3.05) is 5.32 Å². The van der Waals surface area contributed by atoms with E-state index in [1.165, 1.54) is 5.56 Å². The van der Waals surface area contributed by atoms with Gasteiger partial charge in [-0.2, -0.15) is 0 Å². The van der Waals surface area contributed by atoms with Crippen molar-refractivity contribution in [2.24, 2.45) is 0 Å². The minimum atomic E-state index is 0.991. The van der Waals surface area contributed by atoms with Crippen LogP contribution in [0, 0.1) is 0 Å². The van der Waals surface area contributed by atoms with Gasteiger partial charge < -0.3 is 5.32 Å². The summed E-state index contributed by atoms with van der Waals surface area (Å²) in [6.45, 7) is 4.08. The average molecular weight is 316 g/mol. The Kier molecular flexibility index (Phi) is 5.22. The molecule has 0 aliphatic rings. The SMILES string of the molecule is C=C(CCCc1ccc(Br)cc1)Nc1ccccc1. The summed E-state index contributed by atoms with van der Waals surface area (Å²) in [4.78, 5) is 0. The predicted molar refractivity (Wildman–Crippen MR) is 86.3 cm³/mol. The van der Waals surface area contributed by atoms with Crippen LogP contribution in [0.1, 0.15) is 18.4 Å². The Bertz CT molecular complexity index is 517. The van der Waals surface area contributed by atoms with Gasteiger partial charge in [0.2, 0.25) is 0 Å². The molecule has 0 bridgehead atoms. The van der Waals surface area contributed by atoms with E-state index in [0.717, 1.165) is 35.1 Å². The molecule has 0 atom stereocenters. The number of nitrogens with one attached hydrogen (secondary N) is 1. The van der Waals surface area contributed by atoms with Crippen molar-refractivity contribution in [1.82, 2.24) is 0 Å². The van der Waals surface area contributed by atoms with Gasteiger partial charge in [0.25, 0.3) is 0 Å². The molecule has 0 spiro atoms. The molecule has 19 heavy (non-hydrogen) atoms. The van der Waals surface area contributed by atoms with E-state index < -0.39 is 0 Å². The fraction of sp³-hybridized carbons (Fsp3) is 0.176. The lowest BCUT2D eigenvalue weighted by Gasteiger charge is -2.09. The number of halogens is 1. The minimum absolute atomic E-state index is 0.991. The first-order chi connectivity index (χ1) is 9.24. The van der Waals surface area contributed by atoms with Crippen LogP contribution >= 0.6 is 15.9 Å². The third-order valence-corrected chi connectivity index (χ3v) is 3.48. The molecule has 1 nitrogen and oxygen atoms in total. The highest BCUT2D eigenvalue weighted by Gasteiger charge is 1.97. The molecule has 0 fully saturated rings. The van der Waals surface area contributed by atoms with Gasteiger partial charge in [-0.25, -0.2) is 0 Å². The lowest BCUT2D eigenvalue weighted by atomic mass is 10.1. The maximum Gasteiger partial charge on any atom is 0.0381 e. The standard InChI is InChI=1S/C17H18BrN/c1-14(19-17-8-3-2-4-9-17)6-5-7-15-10-12-16(18)13-11-15/h2-4,8-13,19H,1,5-7H2. The molecule has 0 amide bonds. The molecule has 1 N–H and O–H groups in total. The van der Waals surface area contributed by atoms with Crippen LogP contribution in [0.2, 0.25) is 0 Å². The number of anilines is 1. The Labute approximate surface area is 123 Å². The fourth-order valence-corrected chi connectivity index (χ4v) is 2.21. The van der Waals surface area contributed by atoms with E-state index >= 15 is 0 Å². The second-order valence-corrected chi connectivity index (χ2v) is 5.49. The van der Waals surface area contributed by atoms with Crippen LogP contribution in [-0.2, 0) is 6.42 Å². The zero-order valence-corrected chi connectivity index (χ0v) is 12.5. The van der Waals surface area contributed by atoms with Crippen molar-refractivity contribution in [1.29, 1.82) is 0 Å². The number of allylic oxidation sites excluding steroid dienone is 1. The van der Waals surface area contributed by atoms with Crippen molar-refractivity contribution >= 4 is 21.6 Å². The van der Waals surface area contributed by atoms with Crippen LogP contribution in [0.5, 0.6) is 0 Å². The van der Waals surface area contributed by atoms with Crippen LogP contribution in [0.15, 0.2) is 71.3 Å². The Morgan fingerprint density at radius 3 is 2.37 bits per heavy atom. The molecule has 2 aromatic rings. The number of benzene rings is 2. The Hall–Kier alpha value is -1.54. The molecule has 98 valence electrons. The van der Waals surface area contributed by atoms with Gasteiger partial charge in [-0.15, -0.1) is 0 Å². The first kappa shape index (κ1) is 13.9. The first-order valence-electron chi connectivity index (χ1n) is 6.48. The van der Waals surface area contributed by atoms with Crippen LogP contribution in [0.4, 0.5) is 5.69 Å². The Morgan fingerprint density at radius 1 is 1.00 bits per heavy atom. The second-order valence-electron chi connectivity index (χ2n) is 4.57. The van der Waals surface area contributed by atoms with Crippen molar-refractivity contribution < 1.29 is 0 Å². The van der Waals surface area contributed by atoms with Gasteiger partial charge in [0.05, 0.1) is 0 Å². The van der Waals surface area contributed by atoms with E-state index in [4.69, 9.17) is 0 Å². The molecule has 0 saturated heterocycles. The van der Waals surface area contributed by atoms with Gasteiger partial charge in [-0.3, -0.25) is 0 Å². The predicted octanol–water partition coefficient (Wildman–Crippen LogP) is 5.40. The summed E-state index contributed by atoms with van der Waals surface area (Å²) < 4.78 is 1.13. The fourth-order valence-electron chi connectivity index (χ4n) is 1.95. The first-order valence-corrected chi connectivity index (χ1v) is 7.27. The number of rotatable bonds is 6. The van der Waals surface area contributed by atoms with E-state index in [9.17, 15) is 0 Å². The van der Waals surface area contributed by atoms with Gasteiger partial charge in [0.1, 0.15) is 0 Å². The van der Waals surface area contributed by atoms with Crippen LogP contribution in [-0.4, -0.2) is 0 Å². The van der Waals surface area contributed by atoms with Gasteiger partial charge in [0, 0.05) is 15.9 Å². The topological polar surface area (TPSA) is 12.0 Å². The molecule has 0 aliphatic heterocycles. The maximum atomic E-state index is 4.08. The summed E-state index contributed by atoms with van der Waals surface area (Å²) >= 11 is 3.45. The molecule has 2 aromatic carbocycles. The zero-order valence-electron chi connectivity index (χ0n) is 10.9. The lowest BCUT2D eigenvalue weighted by molar-refractivity contribution is 0.816. The van der Waals surface area contributed by atoms with Gasteiger partial charge in [0.15, 0.2) is 0 Å². The largest absolute Gasteiger partial charge is 0.359 e. The lowest BCUT2D eigenvalue weighted by Crippen LogP contribution is -1.98. The Morgan fingerprint density at radius 2 is 1.68 bits per heavy atom. The van der Waals surface area contributed by atoms with Gasteiger partial charge in [-0.1, -0.05) is 52.8 Å². The zero-order chi connectivity index (χ0) is 13.5. The van der Waals surface area contributed by atoms with Crippen molar-refractivity contribution in [3.05, 3.63) is 76.9 Å². The average Bonchev–Trinajstić information content (AvgIpc) is 2.42. The molecule has 0 aliphatic carbocycles. The summed E-state index contributed by atoms with van der Waals surface area (Å²) in [5, 5.41) is 3.34. The number of aryl methyl sites for hydroxylation is 1. The van der Waals surface area contributed by atoms with E-state index in [1.54, 1.807) is 0 Å². The monoisotopic (exact) mass is 315 g/mol. The highest BCUT2D eigenvalue weighted by atomic mass is 79.9. The molecular formula is C17H18BrN. The van der Waals surface area contributed by atoms with Crippen LogP contribution < -0.4 is 5.32 Å². The van der Waals surface area contributed by atoms with Gasteiger partial charge in [-0.05, 0) is 49.1 Å². The second kappa shape index (κ2) is 7.15. The van der Waals surface area contributed by atoms with E-state index in [-0.39, 0.29) is 0 Å². The minimum Gasteiger partial charge on any atom is -0.359 e. The van der Waals surface area contributed by atoms with Crippen molar-refractivity contribution in [3.63, 3.8) is 0 Å². The Balaban J connectivity index is 1.74. The summed E-state index contributed by atoms with van der Waals surface area (Å²) in [5.74, 6) is 0. The molecular weight excluding hydrogens is 298 g/mol. The summed E-state index contributed by atoms with van der Waals surface area (Å²) in [5.41, 5.74) is 3.55. The quantitative estimate of drug-likeness (QED) is 0.752. The third-order valence-electron chi connectivity index (χ3n) is 2.95. The molecule has 0 unspecified atom stereocenters. The smallest absolute Gasteiger partial charge is 0.0381 e. The highest BCUT2D eigenvalue weighted by molar-refractivity contribution is 9.10. The maximum absolute atomic E-state index is 4.08. The highest BCUT2D eigenvalue weighted by Crippen LogP contribution is 2.15. The molecule has 0 heterocycles. The number of hydrogen-bond acceptors (Lipinski definition) is 1. The van der Waals surface area contributed by atoms with E-state index in [2.05, 4.69) is 64.2 Å².